The summed E-state index contributed by atoms with van der Waals surface area (Å²) < 4.78 is 12.8. The van der Waals surface area contributed by atoms with Crippen molar-refractivity contribution in [2.24, 2.45) is 0 Å². The van der Waals surface area contributed by atoms with Crippen LogP contribution in [-0.4, -0.2) is 28.5 Å². The van der Waals surface area contributed by atoms with Crippen molar-refractivity contribution in [3.05, 3.63) is 40.1 Å². The maximum atomic E-state index is 12.3. The molecule has 0 atom stereocenters. The van der Waals surface area contributed by atoms with Crippen LogP contribution in [-0.2, 0) is 9.47 Å². The standard InChI is InChI=1S/C16H18BrNO4/c1-5-21-14(19)10-6-7-18-12(8-10)11(17)9-13(18)15(20)22-16(2,3)4/h6-9H,5H2,1-4H3. The van der Waals surface area contributed by atoms with Crippen molar-refractivity contribution in [3.63, 3.8) is 0 Å². The molecule has 0 spiro atoms. The summed E-state index contributed by atoms with van der Waals surface area (Å²) in [5.41, 5.74) is 0.959. The molecule has 0 aliphatic carbocycles. The molecule has 0 aromatic carbocycles. The quantitative estimate of drug-likeness (QED) is 0.773. The molecule has 0 saturated carbocycles. The van der Waals surface area contributed by atoms with Crippen LogP contribution in [0.25, 0.3) is 5.52 Å². The van der Waals surface area contributed by atoms with Gasteiger partial charge in [-0.25, -0.2) is 9.59 Å². The molecule has 0 aliphatic rings. The highest BCUT2D eigenvalue weighted by atomic mass is 79.9. The van der Waals surface area contributed by atoms with Crippen LogP contribution in [0.15, 0.2) is 28.9 Å². The molecule has 0 unspecified atom stereocenters. The van der Waals surface area contributed by atoms with Crippen molar-refractivity contribution < 1.29 is 19.1 Å². The Morgan fingerprint density at radius 3 is 2.50 bits per heavy atom. The van der Waals surface area contributed by atoms with E-state index >= 15 is 0 Å². The predicted octanol–water partition coefficient (Wildman–Crippen LogP) is 3.83. The SMILES string of the molecule is CCOC(=O)c1ccn2c(C(=O)OC(C)(C)C)cc(Br)c2c1. The average Bonchev–Trinajstić information content (AvgIpc) is 2.74. The molecule has 2 aromatic heterocycles. The lowest BCUT2D eigenvalue weighted by Crippen LogP contribution is -2.24. The van der Waals surface area contributed by atoms with E-state index in [1.165, 1.54) is 0 Å². The second kappa shape index (κ2) is 6.12. The van der Waals surface area contributed by atoms with Crippen molar-refractivity contribution in [2.75, 3.05) is 6.61 Å². The Hall–Kier alpha value is -1.82. The predicted molar refractivity (Wildman–Crippen MR) is 86.2 cm³/mol. The lowest BCUT2D eigenvalue weighted by atomic mass is 10.2. The van der Waals surface area contributed by atoms with Crippen molar-refractivity contribution in [2.45, 2.75) is 33.3 Å². The molecule has 5 nitrogen and oxygen atoms in total. The highest BCUT2D eigenvalue weighted by molar-refractivity contribution is 9.10. The number of hydrogen-bond acceptors (Lipinski definition) is 4. The van der Waals surface area contributed by atoms with Crippen LogP contribution in [0.1, 0.15) is 48.5 Å². The summed E-state index contributed by atoms with van der Waals surface area (Å²) in [7, 11) is 0. The molecule has 0 saturated heterocycles. The molecule has 2 aromatic rings. The largest absolute Gasteiger partial charge is 0.462 e. The van der Waals surface area contributed by atoms with Gasteiger partial charge in [0.1, 0.15) is 11.3 Å². The summed E-state index contributed by atoms with van der Waals surface area (Å²) in [6.07, 6.45) is 1.66. The number of halogens is 1. The lowest BCUT2D eigenvalue weighted by molar-refractivity contribution is 0.00616. The van der Waals surface area contributed by atoms with Gasteiger partial charge in [-0.15, -0.1) is 0 Å². The molecule has 2 rings (SSSR count). The van der Waals surface area contributed by atoms with Gasteiger partial charge in [-0.2, -0.15) is 0 Å². The Bertz CT molecular complexity index is 728. The Morgan fingerprint density at radius 1 is 1.23 bits per heavy atom. The zero-order valence-electron chi connectivity index (χ0n) is 13.0. The number of esters is 2. The highest BCUT2D eigenvalue weighted by Crippen LogP contribution is 2.25. The summed E-state index contributed by atoms with van der Waals surface area (Å²) in [6.45, 7) is 7.51. The van der Waals surface area contributed by atoms with E-state index in [2.05, 4.69) is 15.9 Å². The lowest BCUT2D eigenvalue weighted by Gasteiger charge is -2.19. The highest BCUT2D eigenvalue weighted by Gasteiger charge is 2.22. The van der Waals surface area contributed by atoms with Crippen molar-refractivity contribution in [1.29, 1.82) is 0 Å². The molecule has 118 valence electrons. The number of pyridine rings is 1. The molecule has 0 aliphatic heterocycles. The number of carbonyl (C=O) groups excluding carboxylic acids is 2. The Kier molecular flexibility index (Phi) is 4.60. The summed E-state index contributed by atoms with van der Waals surface area (Å²) in [6, 6.07) is 4.97. The third-order valence-electron chi connectivity index (χ3n) is 2.84. The fourth-order valence-corrected chi connectivity index (χ4v) is 2.51. The van der Waals surface area contributed by atoms with Crippen LogP contribution >= 0.6 is 15.9 Å². The van der Waals surface area contributed by atoms with Crippen molar-refractivity contribution >= 4 is 33.4 Å². The number of rotatable bonds is 3. The van der Waals surface area contributed by atoms with E-state index in [-0.39, 0.29) is 0 Å². The summed E-state index contributed by atoms with van der Waals surface area (Å²) in [5.74, 6) is -0.811. The first kappa shape index (κ1) is 16.5. The molecule has 2 heterocycles. The number of aromatic nitrogens is 1. The van der Waals surface area contributed by atoms with Gasteiger partial charge in [-0.1, -0.05) is 0 Å². The molecule has 22 heavy (non-hydrogen) atoms. The van der Waals surface area contributed by atoms with Crippen LogP contribution < -0.4 is 0 Å². The van der Waals surface area contributed by atoms with E-state index in [4.69, 9.17) is 9.47 Å². The first-order valence-electron chi connectivity index (χ1n) is 6.94. The second-order valence-electron chi connectivity index (χ2n) is 5.77. The first-order chi connectivity index (χ1) is 10.2. The van der Waals surface area contributed by atoms with Gasteiger partial charge in [0.05, 0.1) is 17.7 Å². The fourth-order valence-electron chi connectivity index (χ4n) is 1.99. The van der Waals surface area contributed by atoms with E-state index in [9.17, 15) is 9.59 Å². The van der Waals surface area contributed by atoms with Crippen LogP contribution in [0, 0.1) is 0 Å². The van der Waals surface area contributed by atoms with Crippen molar-refractivity contribution in [1.82, 2.24) is 4.40 Å². The fraction of sp³-hybridized carbons (Fsp3) is 0.375. The number of carbonyl (C=O) groups is 2. The molecular weight excluding hydrogens is 350 g/mol. The van der Waals surface area contributed by atoms with Gasteiger partial charge < -0.3 is 13.9 Å². The summed E-state index contributed by atoms with van der Waals surface area (Å²) in [5, 5.41) is 0. The summed E-state index contributed by atoms with van der Waals surface area (Å²) >= 11 is 3.41. The van der Waals surface area contributed by atoms with Crippen molar-refractivity contribution in [3.8, 4) is 0 Å². The number of ether oxygens (including phenoxy) is 2. The smallest absolute Gasteiger partial charge is 0.355 e. The first-order valence-corrected chi connectivity index (χ1v) is 7.73. The van der Waals surface area contributed by atoms with Gasteiger partial charge in [0.15, 0.2) is 0 Å². The third kappa shape index (κ3) is 3.50. The Labute approximate surface area is 137 Å². The molecular formula is C16H18BrNO4. The second-order valence-corrected chi connectivity index (χ2v) is 6.62. The Balaban J connectivity index is 2.43. The van der Waals surface area contributed by atoms with Gasteiger partial charge in [0, 0.05) is 10.7 Å². The monoisotopic (exact) mass is 367 g/mol. The topological polar surface area (TPSA) is 57.0 Å². The zero-order valence-corrected chi connectivity index (χ0v) is 14.6. The summed E-state index contributed by atoms with van der Waals surface area (Å²) in [4.78, 5) is 24.0. The number of hydrogen-bond donors (Lipinski definition) is 0. The van der Waals surface area contributed by atoms with Gasteiger partial charge in [0.25, 0.3) is 0 Å². The van der Waals surface area contributed by atoms with Crippen LogP contribution in [0.2, 0.25) is 0 Å². The van der Waals surface area contributed by atoms with Gasteiger partial charge in [0.2, 0.25) is 0 Å². The number of fused-ring (bicyclic) bond motifs is 1. The van der Waals surface area contributed by atoms with Gasteiger partial charge in [-0.05, 0) is 61.8 Å². The molecule has 0 amide bonds. The zero-order chi connectivity index (χ0) is 16.5. The van der Waals surface area contributed by atoms with Gasteiger partial charge >= 0.3 is 11.9 Å². The minimum Gasteiger partial charge on any atom is -0.462 e. The average molecular weight is 368 g/mol. The third-order valence-corrected chi connectivity index (χ3v) is 3.48. The van der Waals surface area contributed by atoms with Crippen LogP contribution in [0.3, 0.4) is 0 Å². The van der Waals surface area contributed by atoms with E-state index in [0.29, 0.717) is 27.9 Å². The number of nitrogens with zero attached hydrogens (tertiary/aromatic N) is 1. The molecule has 0 fully saturated rings. The van der Waals surface area contributed by atoms with E-state index < -0.39 is 17.5 Å². The van der Waals surface area contributed by atoms with E-state index in [1.54, 1.807) is 35.7 Å². The maximum Gasteiger partial charge on any atom is 0.355 e. The Morgan fingerprint density at radius 2 is 1.91 bits per heavy atom. The van der Waals surface area contributed by atoms with Crippen LogP contribution in [0.4, 0.5) is 0 Å². The molecule has 0 N–H and O–H groups in total. The normalized spacial score (nSPS) is 11.5. The van der Waals surface area contributed by atoms with E-state index in [1.807, 2.05) is 20.8 Å². The molecule has 0 radical (unpaired) electrons. The van der Waals surface area contributed by atoms with Crippen LogP contribution in [0.5, 0.6) is 0 Å². The van der Waals surface area contributed by atoms with E-state index in [0.717, 1.165) is 0 Å². The maximum absolute atomic E-state index is 12.3. The molecule has 0 bridgehead atoms. The molecule has 6 heteroatoms. The minimum atomic E-state index is -0.571. The van der Waals surface area contributed by atoms with Gasteiger partial charge in [-0.3, -0.25) is 0 Å². The minimum absolute atomic E-state index is 0.315.